The number of aliphatic hydroxyl groups is 24. The first-order valence-corrected chi connectivity index (χ1v) is 35.5. The molecule has 0 bridgehead atoms. The lowest BCUT2D eigenvalue weighted by atomic mass is 9.93. The zero-order chi connectivity index (χ0) is 81.8. The van der Waals surface area contributed by atoms with Gasteiger partial charge in [-0.25, -0.2) is 0 Å². The number of hydrogen-bond donors (Lipinski definition) is 28. The minimum Gasteiger partial charge on any atom is -0.394 e. The second-order valence-electron chi connectivity index (χ2n) is 28.2. The van der Waals surface area contributed by atoms with Crippen molar-refractivity contribution in [3.05, 3.63) is 0 Å². The molecule has 642 valence electrons. The van der Waals surface area contributed by atoms with Gasteiger partial charge in [0.25, 0.3) is 0 Å². The molecule has 4 amide bonds. The van der Waals surface area contributed by atoms with Gasteiger partial charge < -0.3 is 224 Å². The van der Waals surface area contributed by atoms with Gasteiger partial charge in [0, 0.05) is 27.7 Å². The largest absolute Gasteiger partial charge is 0.394 e. The minimum absolute atomic E-state index is 0.827. The number of hydrogen-bond acceptors (Lipinski definition) is 45. The molecule has 111 heavy (non-hydrogen) atoms. The SMILES string of the molecule is CC(=O)N[C@@H]1[C@H](O[C@@H]2[C@H](O[C@@H]3[C@H](O)[C@H](O[C@H]4[C@H](O)[C@@H](NC(C)=O)[C@H](O[C@H]5[C@H](O)[C@@H](NC(C)=O)[C@H](O)O[C@@H]5CO[C@@H]5O[C@@H](C)[C@@H](O)[C@@H](O)[C@@H]5O)O[C@@H]4CO)O[C@H](CO[C@H]4O[C@H](CO)[C@@H](O)[C@H](O)[C@@H]4O[C@@H]4O[C@H](CO)[C@@H](O[C@@H]5O[C@H](CO)[C@H](O)[C@H](O)[C@H]5O)[C@H](O)[C@H]4NC(C)=O)[C@H]3O)O[C@H](CO)[C@@H](O)[C@@H]2O)O[C@H](CO)[C@@H](O)[C@@H]1O. The lowest BCUT2D eigenvalue weighted by Crippen LogP contribution is -2.71. The van der Waals surface area contributed by atoms with E-state index in [4.69, 9.17) is 80.5 Å². The molecule has 0 saturated carbocycles. The summed E-state index contributed by atoms with van der Waals surface area (Å²) in [6.07, 6.45) is -83.2. The number of rotatable bonds is 28. The average molecular weight is 1630 g/mol. The van der Waals surface area contributed by atoms with Gasteiger partial charge in [-0.15, -0.1) is 0 Å². The molecule has 49 nitrogen and oxygen atoms in total. The monoisotopic (exact) mass is 1620 g/mol. The molecule has 9 fully saturated rings. The molecular weight excluding hydrogens is 1520 g/mol. The Kier molecular flexibility index (Phi) is 32.6. The van der Waals surface area contributed by atoms with Gasteiger partial charge in [0.1, 0.15) is 213 Å². The Labute approximate surface area is 629 Å². The van der Waals surface area contributed by atoms with Crippen LogP contribution in [0.1, 0.15) is 34.6 Å². The van der Waals surface area contributed by atoms with E-state index in [1.807, 2.05) is 0 Å². The standard InChI is InChI=1S/C62H104N4O45/c1-14-31(77)41(87)45(91)58(97-14)95-13-26-50(38(84)27(54(94)98-26)63-15(2)73)106-56-29(65-17(4)75)39(85)49(24(11-72)103-56)108-60-47(93)51(109-62-53(44(90)35(81)22(9-70)102-62)111-55-28(64-16(3)74)37(83)32(78)19(6-67)99-55)36(82)25(105-60)12-96-61-52(43(89)34(80)21(8-69)101-61)110-57-30(66-18(5)76)40(86)48(23(10-71)104-57)107-59-46(92)42(88)33(79)20(7-68)100-59/h14,19-62,67-72,77-94H,6-13H2,1-5H3,(H,63,73)(H,64,74)(H,65,75)(H,66,76)/t14-,19+,20+,21+,22+,23+,24+,25+,26+,27+,28-,29+,30+,31+,32+,33-,34+,35+,36+,37+,38+,39+,40+,41+,42-,43-,44-,45-,46+,47-,48+,49+,50+,51-,52-,53-,54+,55-,56-,57-,58+,59-,60-,61-,62-/m0/s1. The fourth-order valence-corrected chi connectivity index (χ4v) is 14.3. The van der Waals surface area contributed by atoms with Crippen molar-refractivity contribution in [3.63, 3.8) is 0 Å². The van der Waals surface area contributed by atoms with Crippen LogP contribution in [-0.4, -0.2) is 475 Å². The van der Waals surface area contributed by atoms with Gasteiger partial charge in [-0.05, 0) is 6.92 Å². The molecule has 0 spiro atoms. The molecule has 0 aromatic heterocycles. The molecule has 9 aliphatic rings. The van der Waals surface area contributed by atoms with Crippen LogP contribution in [0.15, 0.2) is 0 Å². The Morgan fingerprint density at radius 2 is 0.559 bits per heavy atom. The van der Waals surface area contributed by atoms with Gasteiger partial charge in [0.2, 0.25) is 23.6 Å². The van der Waals surface area contributed by atoms with E-state index in [0.717, 1.165) is 27.7 Å². The summed E-state index contributed by atoms with van der Waals surface area (Å²) >= 11 is 0. The predicted octanol–water partition coefficient (Wildman–Crippen LogP) is -19.0. The quantitative estimate of drug-likeness (QED) is 0.0346. The average Bonchev–Trinajstić information content (AvgIpc) is 0.768. The molecule has 28 N–H and O–H groups in total. The van der Waals surface area contributed by atoms with Crippen LogP contribution in [0.5, 0.6) is 0 Å². The van der Waals surface area contributed by atoms with E-state index in [1.165, 1.54) is 6.92 Å². The number of aliphatic hydroxyl groups excluding tert-OH is 24. The summed E-state index contributed by atoms with van der Waals surface area (Å²) in [6, 6.07) is -7.39. The van der Waals surface area contributed by atoms with Crippen molar-refractivity contribution < 1.29 is 222 Å². The lowest BCUT2D eigenvalue weighted by Gasteiger charge is -2.51. The van der Waals surface area contributed by atoms with Crippen LogP contribution in [0, 0.1) is 0 Å². The first-order valence-electron chi connectivity index (χ1n) is 35.5. The van der Waals surface area contributed by atoms with Crippen LogP contribution >= 0.6 is 0 Å². The van der Waals surface area contributed by atoms with E-state index in [1.54, 1.807) is 0 Å². The number of nitrogens with one attached hydrogen (secondary N) is 4. The Morgan fingerprint density at radius 1 is 0.252 bits per heavy atom. The maximum Gasteiger partial charge on any atom is 0.217 e. The van der Waals surface area contributed by atoms with Gasteiger partial charge in [-0.1, -0.05) is 0 Å². The number of ether oxygens (including phenoxy) is 17. The van der Waals surface area contributed by atoms with E-state index >= 15 is 0 Å². The third-order valence-corrected chi connectivity index (χ3v) is 20.3. The highest BCUT2D eigenvalue weighted by atomic mass is 16.8. The molecule has 0 unspecified atom stereocenters. The van der Waals surface area contributed by atoms with E-state index in [2.05, 4.69) is 21.3 Å². The molecule has 0 aromatic carbocycles. The molecule has 0 aromatic rings. The van der Waals surface area contributed by atoms with Crippen molar-refractivity contribution in [3.8, 4) is 0 Å². The second kappa shape index (κ2) is 39.7. The van der Waals surface area contributed by atoms with Crippen molar-refractivity contribution >= 4 is 23.6 Å². The minimum atomic E-state index is -2.55. The number of carbonyl (C=O) groups is 4. The highest BCUT2D eigenvalue weighted by molar-refractivity contribution is 5.74. The smallest absolute Gasteiger partial charge is 0.217 e. The Bertz CT molecular complexity index is 2950. The maximum atomic E-state index is 13.2. The number of carbonyl (C=O) groups excluding carboxylic acids is 4. The molecule has 49 heteroatoms. The van der Waals surface area contributed by atoms with Crippen molar-refractivity contribution in [2.75, 3.05) is 52.9 Å². The summed E-state index contributed by atoms with van der Waals surface area (Å²) in [5.74, 6) is -3.59. The first-order chi connectivity index (χ1) is 52.4. The molecule has 0 aliphatic carbocycles. The van der Waals surface area contributed by atoms with Crippen molar-refractivity contribution in [2.45, 2.75) is 311 Å². The normalized spacial score (nSPS) is 49.3. The fourth-order valence-electron chi connectivity index (χ4n) is 14.3. The fraction of sp³-hybridized carbons (Fsp3) is 0.935. The Balaban J connectivity index is 1.05. The zero-order valence-corrected chi connectivity index (χ0v) is 59.9. The summed E-state index contributed by atoms with van der Waals surface area (Å²) in [4.78, 5) is 50.9. The molecule has 9 rings (SSSR count). The Morgan fingerprint density at radius 3 is 1.03 bits per heavy atom. The third-order valence-electron chi connectivity index (χ3n) is 20.3. The van der Waals surface area contributed by atoms with E-state index in [0.29, 0.717) is 0 Å². The first kappa shape index (κ1) is 91.1. The zero-order valence-electron chi connectivity index (χ0n) is 59.9. The highest BCUT2D eigenvalue weighted by Crippen LogP contribution is 2.40. The molecule has 9 heterocycles. The van der Waals surface area contributed by atoms with Crippen molar-refractivity contribution in [2.24, 2.45) is 0 Å². The van der Waals surface area contributed by atoms with Crippen LogP contribution in [0.3, 0.4) is 0 Å². The topological polar surface area (TPSA) is 759 Å². The highest BCUT2D eigenvalue weighted by Gasteiger charge is 2.61. The maximum absolute atomic E-state index is 13.2. The summed E-state index contributed by atoms with van der Waals surface area (Å²) < 4.78 is 101. The Hall–Kier alpha value is -3.76. The van der Waals surface area contributed by atoms with Crippen molar-refractivity contribution in [1.82, 2.24) is 21.3 Å². The second-order valence-corrected chi connectivity index (χ2v) is 28.2. The van der Waals surface area contributed by atoms with E-state index in [9.17, 15) is 142 Å². The molecule has 9 saturated heterocycles. The van der Waals surface area contributed by atoms with Crippen molar-refractivity contribution in [1.29, 1.82) is 0 Å². The summed E-state index contributed by atoms with van der Waals surface area (Å²) in [7, 11) is 0. The van der Waals surface area contributed by atoms with Gasteiger partial charge in [0.05, 0.1) is 59.0 Å². The number of amides is 4. The molecular formula is C62H104N4O45. The van der Waals surface area contributed by atoms with Gasteiger partial charge in [0.15, 0.2) is 56.6 Å². The predicted molar refractivity (Wildman–Crippen MR) is 342 cm³/mol. The third kappa shape index (κ3) is 20.3. The van der Waals surface area contributed by atoms with Gasteiger partial charge in [-0.2, -0.15) is 0 Å². The van der Waals surface area contributed by atoms with Crippen LogP contribution in [0.2, 0.25) is 0 Å². The summed E-state index contributed by atoms with van der Waals surface area (Å²) in [5, 5.41) is 276. The van der Waals surface area contributed by atoms with E-state index in [-0.39, 0.29) is 0 Å². The van der Waals surface area contributed by atoms with Gasteiger partial charge in [-0.3, -0.25) is 19.2 Å². The van der Waals surface area contributed by atoms with Gasteiger partial charge >= 0.3 is 0 Å². The molecule has 45 atom stereocenters. The lowest BCUT2D eigenvalue weighted by molar-refractivity contribution is -0.396. The van der Waals surface area contributed by atoms with Crippen LogP contribution in [-0.2, 0) is 99.7 Å². The summed E-state index contributed by atoms with van der Waals surface area (Å²) in [6.45, 7) is -3.36. The molecule has 9 aliphatic heterocycles. The van der Waals surface area contributed by atoms with Crippen LogP contribution in [0.4, 0.5) is 0 Å². The van der Waals surface area contributed by atoms with Crippen LogP contribution in [0.25, 0.3) is 0 Å². The summed E-state index contributed by atoms with van der Waals surface area (Å²) in [5.41, 5.74) is 0. The van der Waals surface area contributed by atoms with E-state index < -0.39 is 353 Å². The van der Waals surface area contributed by atoms with Crippen LogP contribution < -0.4 is 21.3 Å². The molecule has 0 radical (unpaired) electrons.